The van der Waals surface area contributed by atoms with Crippen LogP contribution in [0.4, 0.5) is 26.3 Å². The molecule has 0 aromatic heterocycles. The quantitative estimate of drug-likeness (QED) is 0.0652. The summed E-state index contributed by atoms with van der Waals surface area (Å²) in [6.45, 7) is 1.24. The lowest BCUT2D eigenvalue weighted by molar-refractivity contribution is -0.282. The van der Waals surface area contributed by atoms with Crippen LogP contribution in [0, 0.1) is 0 Å². The molecule has 2 unspecified atom stereocenters. The summed E-state index contributed by atoms with van der Waals surface area (Å²) in [5.74, 6) is -3.68. The highest BCUT2D eigenvalue weighted by Gasteiger charge is 2.65. The van der Waals surface area contributed by atoms with E-state index in [9.17, 15) is 35.9 Å². The Hall–Kier alpha value is -3.12. The summed E-state index contributed by atoms with van der Waals surface area (Å²) in [4.78, 5) is 26.5. The average Bonchev–Trinajstić information content (AvgIpc) is 3.06. The van der Waals surface area contributed by atoms with Gasteiger partial charge in [0.1, 0.15) is 12.7 Å². The second kappa shape index (κ2) is 20.5. The number of alkyl halides is 6. The fourth-order valence-electron chi connectivity index (χ4n) is 5.84. The van der Waals surface area contributed by atoms with Crippen LogP contribution in [0.15, 0.2) is 60.7 Å². The Balaban J connectivity index is 2.16. The van der Waals surface area contributed by atoms with Crippen LogP contribution in [-0.4, -0.2) is 51.2 Å². The maximum absolute atomic E-state index is 14.5. The van der Waals surface area contributed by atoms with Gasteiger partial charge in [-0.1, -0.05) is 145 Å². The molecule has 0 aliphatic rings. The molecule has 0 saturated carbocycles. The van der Waals surface area contributed by atoms with Crippen molar-refractivity contribution < 1.29 is 54.9 Å². The number of rotatable bonds is 23. The number of hydrogen-bond acceptors (Lipinski definition) is 6. The Bertz CT molecular complexity index is 1220. The molecule has 3 atom stereocenters. The second-order valence-electron chi connectivity index (χ2n) is 12.2. The normalized spacial score (nSPS) is 15.2. The van der Waals surface area contributed by atoms with E-state index in [0.29, 0.717) is 27.1 Å². The number of hydrogen-bond donors (Lipinski definition) is 0. The maximum atomic E-state index is 14.5. The topological polar surface area (TPSA) is 71.1 Å². The number of benzene rings is 2. The van der Waals surface area contributed by atoms with Gasteiger partial charge in [-0.05, 0) is 12.8 Å². The molecule has 2 aromatic carbocycles. The van der Waals surface area contributed by atoms with Crippen LogP contribution in [0.3, 0.4) is 0 Å². The Kier molecular flexibility index (Phi) is 17.6. The molecule has 0 aliphatic heterocycles. The molecule has 49 heavy (non-hydrogen) atoms. The van der Waals surface area contributed by atoms with Crippen molar-refractivity contribution in [1.29, 1.82) is 0 Å². The minimum atomic E-state index is -5.27. The fourth-order valence-corrected chi connectivity index (χ4v) is 5.84. The zero-order chi connectivity index (χ0) is 36.4. The predicted octanol–water partition coefficient (Wildman–Crippen LogP) is 10.1. The molecular formula is C37H50F6O6. The first-order chi connectivity index (χ1) is 23.3. The molecule has 0 fully saturated rings. The molecule has 0 N–H and O–H groups in total. The van der Waals surface area contributed by atoms with E-state index in [-0.39, 0.29) is 6.42 Å². The van der Waals surface area contributed by atoms with Gasteiger partial charge in [-0.15, -0.1) is 0 Å². The van der Waals surface area contributed by atoms with Crippen molar-refractivity contribution >= 4 is 11.9 Å². The van der Waals surface area contributed by atoms with Gasteiger partial charge in [0.15, 0.2) is 0 Å². The van der Waals surface area contributed by atoms with Crippen LogP contribution in [0.1, 0.15) is 108 Å². The SMILES string of the molecule is CCCCCCCCCCCCCCC[C@@H](COC(=O)C(OC)(c1ccccc1)C(F)(F)F)OC(=O)C(OC)(c1ccccc1)C(F)(F)F. The van der Waals surface area contributed by atoms with Gasteiger partial charge < -0.3 is 18.9 Å². The number of halogens is 6. The van der Waals surface area contributed by atoms with Gasteiger partial charge in [0.25, 0.3) is 11.2 Å². The summed E-state index contributed by atoms with van der Waals surface area (Å²) in [5.41, 5.74) is -8.16. The van der Waals surface area contributed by atoms with Crippen molar-refractivity contribution in [3.05, 3.63) is 71.8 Å². The molecule has 0 heterocycles. The number of ether oxygens (including phenoxy) is 4. The monoisotopic (exact) mass is 704 g/mol. The number of esters is 2. The van der Waals surface area contributed by atoms with E-state index in [1.54, 1.807) is 0 Å². The number of methoxy groups -OCH3 is 2. The Labute approximate surface area is 285 Å². The smallest absolute Gasteiger partial charge is 0.432 e. The molecule has 276 valence electrons. The first kappa shape index (κ1) is 42.0. The lowest BCUT2D eigenvalue weighted by Gasteiger charge is -2.34. The average molecular weight is 705 g/mol. The summed E-state index contributed by atoms with van der Waals surface area (Å²) in [6.07, 6.45) is 1.31. The predicted molar refractivity (Wildman–Crippen MR) is 174 cm³/mol. The van der Waals surface area contributed by atoms with Crippen LogP contribution in [0.5, 0.6) is 0 Å². The Morgan fingerprint density at radius 2 is 0.939 bits per heavy atom. The van der Waals surface area contributed by atoms with Gasteiger partial charge >= 0.3 is 24.3 Å². The summed E-state index contributed by atoms with van der Waals surface area (Å²) in [5, 5.41) is 0. The van der Waals surface area contributed by atoms with E-state index in [1.165, 1.54) is 74.9 Å². The van der Waals surface area contributed by atoms with Crippen LogP contribution < -0.4 is 0 Å². The van der Waals surface area contributed by atoms with E-state index in [1.807, 2.05) is 0 Å². The van der Waals surface area contributed by atoms with Crippen molar-refractivity contribution in [3.8, 4) is 0 Å². The third-order valence-electron chi connectivity index (χ3n) is 8.65. The first-order valence-corrected chi connectivity index (χ1v) is 17.0. The van der Waals surface area contributed by atoms with E-state index in [2.05, 4.69) is 6.92 Å². The molecular weight excluding hydrogens is 654 g/mol. The number of carbonyl (C=O) groups is 2. The van der Waals surface area contributed by atoms with Crippen molar-refractivity contribution in [2.24, 2.45) is 0 Å². The molecule has 0 radical (unpaired) electrons. The second-order valence-corrected chi connectivity index (χ2v) is 12.2. The fraction of sp³-hybridized carbons (Fsp3) is 0.622. The lowest BCUT2D eigenvalue weighted by atomic mass is 9.92. The largest absolute Gasteiger partial charge is 0.459 e. The number of unbranched alkanes of at least 4 members (excludes halogenated alkanes) is 12. The molecule has 6 nitrogen and oxygen atoms in total. The van der Waals surface area contributed by atoms with Crippen LogP contribution >= 0.6 is 0 Å². The minimum absolute atomic E-state index is 0.0689. The van der Waals surface area contributed by atoms with E-state index in [4.69, 9.17) is 18.9 Å². The first-order valence-electron chi connectivity index (χ1n) is 17.0. The van der Waals surface area contributed by atoms with Crippen molar-refractivity contribution in [3.63, 3.8) is 0 Å². The van der Waals surface area contributed by atoms with Crippen LogP contribution in [0.25, 0.3) is 0 Å². The van der Waals surface area contributed by atoms with Gasteiger partial charge in [-0.3, -0.25) is 0 Å². The van der Waals surface area contributed by atoms with Crippen molar-refractivity contribution in [2.75, 3.05) is 20.8 Å². The molecule has 0 spiro atoms. The summed E-state index contributed by atoms with van der Waals surface area (Å²) < 4.78 is 107. The summed E-state index contributed by atoms with van der Waals surface area (Å²) in [7, 11) is 1.41. The molecule has 0 amide bonds. The zero-order valence-corrected chi connectivity index (χ0v) is 28.7. The third kappa shape index (κ3) is 11.5. The zero-order valence-electron chi connectivity index (χ0n) is 28.7. The summed E-state index contributed by atoms with van der Waals surface area (Å²) in [6, 6.07) is 12.2. The van der Waals surface area contributed by atoms with Gasteiger partial charge in [0.05, 0.1) is 0 Å². The highest BCUT2D eigenvalue weighted by atomic mass is 19.4. The van der Waals surface area contributed by atoms with Gasteiger partial charge in [0.2, 0.25) is 0 Å². The van der Waals surface area contributed by atoms with Crippen LogP contribution in [0.2, 0.25) is 0 Å². The van der Waals surface area contributed by atoms with E-state index >= 15 is 0 Å². The van der Waals surface area contributed by atoms with E-state index in [0.717, 1.165) is 56.4 Å². The van der Waals surface area contributed by atoms with Gasteiger partial charge in [0, 0.05) is 25.3 Å². The van der Waals surface area contributed by atoms with E-state index < -0.39 is 59.3 Å². The Morgan fingerprint density at radius 3 is 1.31 bits per heavy atom. The van der Waals surface area contributed by atoms with Gasteiger partial charge in [-0.2, -0.15) is 26.3 Å². The molecule has 0 aliphatic carbocycles. The molecule has 0 saturated heterocycles. The van der Waals surface area contributed by atoms with Crippen molar-refractivity contribution in [2.45, 2.75) is 126 Å². The molecule has 12 heteroatoms. The number of carbonyl (C=O) groups excluding carboxylic acids is 2. The van der Waals surface area contributed by atoms with Gasteiger partial charge in [-0.25, -0.2) is 9.59 Å². The standard InChI is InChI=1S/C37H50F6O6/c1-4-5-6-7-8-9-10-11-12-13-14-15-22-27-31(49-33(45)35(47-3,37(41,42)43)30-25-20-17-21-26-30)28-48-32(44)34(46-2,36(38,39)40)29-23-18-16-19-24-29/h16-21,23-26,31H,4-15,22,27-28H2,1-3H3/t31-,34?,35?/m0/s1. The van der Waals surface area contributed by atoms with Crippen molar-refractivity contribution in [1.82, 2.24) is 0 Å². The molecule has 0 bridgehead atoms. The molecule has 2 aromatic rings. The summed E-state index contributed by atoms with van der Waals surface area (Å²) >= 11 is 0. The Morgan fingerprint density at radius 1 is 0.571 bits per heavy atom. The maximum Gasteiger partial charge on any atom is 0.432 e. The minimum Gasteiger partial charge on any atom is -0.459 e. The molecule has 2 rings (SSSR count). The van der Waals surface area contributed by atoms with Crippen LogP contribution in [-0.2, 0) is 39.7 Å². The third-order valence-corrected chi connectivity index (χ3v) is 8.65. The highest BCUT2D eigenvalue weighted by molar-refractivity contribution is 5.84. The lowest BCUT2D eigenvalue weighted by Crippen LogP contribution is -2.53. The highest BCUT2D eigenvalue weighted by Crippen LogP contribution is 2.44.